The Bertz CT molecular complexity index is 765. The quantitative estimate of drug-likeness (QED) is 0.843. The van der Waals surface area contributed by atoms with Gasteiger partial charge >= 0.3 is 0 Å². The number of nitrogens with two attached hydrogens (primary N) is 2. The minimum absolute atomic E-state index is 0.190. The van der Waals surface area contributed by atoms with Gasteiger partial charge in [0, 0.05) is 32.4 Å². The molecule has 0 aliphatic carbocycles. The Morgan fingerprint density at radius 1 is 1.12 bits per heavy atom. The summed E-state index contributed by atoms with van der Waals surface area (Å²) in [7, 11) is 0. The lowest BCUT2D eigenvalue weighted by Gasteiger charge is -2.40. The van der Waals surface area contributed by atoms with Gasteiger partial charge in [-0.25, -0.2) is 4.98 Å². The normalized spacial score (nSPS) is 18.1. The average Bonchev–Trinajstić information content (AvgIpc) is 2.62. The van der Waals surface area contributed by atoms with Crippen LogP contribution < -0.4 is 11.5 Å². The van der Waals surface area contributed by atoms with Crippen LogP contribution in [0, 0.1) is 0 Å². The lowest BCUT2D eigenvalue weighted by atomic mass is 10.1. The van der Waals surface area contributed by atoms with E-state index in [1.54, 1.807) is 17.0 Å². The van der Waals surface area contributed by atoms with Gasteiger partial charge in [0.15, 0.2) is 0 Å². The molecule has 130 valence electrons. The minimum atomic E-state index is -0.532. The minimum Gasteiger partial charge on any atom is -0.383 e. The first-order valence-electron chi connectivity index (χ1n) is 8.13. The van der Waals surface area contributed by atoms with E-state index in [0.29, 0.717) is 25.2 Å². The van der Waals surface area contributed by atoms with E-state index in [0.717, 1.165) is 5.56 Å². The fourth-order valence-corrected chi connectivity index (χ4v) is 3.05. The van der Waals surface area contributed by atoms with Crippen molar-refractivity contribution in [3.05, 3.63) is 59.8 Å². The summed E-state index contributed by atoms with van der Waals surface area (Å²) in [5, 5.41) is 0. The van der Waals surface area contributed by atoms with Gasteiger partial charge in [-0.3, -0.25) is 14.5 Å². The fraction of sp³-hybridized carbons (Fsp3) is 0.278. The fourth-order valence-electron chi connectivity index (χ4n) is 3.05. The molecule has 7 heteroatoms. The Labute approximate surface area is 146 Å². The van der Waals surface area contributed by atoms with Crippen LogP contribution in [-0.4, -0.2) is 52.3 Å². The predicted molar refractivity (Wildman–Crippen MR) is 94.4 cm³/mol. The lowest BCUT2D eigenvalue weighted by Crippen LogP contribution is -2.58. The molecular formula is C18H21N5O2. The number of rotatable bonds is 4. The highest BCUT2D eigenvalue weighted by Crippen LogP contribution is 2.18. The number of anilines is 1. The zero-order valence-corrected chi connectivity index (χ0v) is 13.8. The molecule has 1 aromatic carbocycles. The highest BCUT2D eigenvalue weighted by molar-refractivity contribution is 5.98. The van der Waals surface area contributed by atoms with Gasteiger partial charge in [0.2, 0.25) is 5.91 Å². The van der Waals surface area contributed by atoms with Crippen molar-refractivity contribution in [2.45, 2.75) is 12.6 Å². The Balaban J connectivity index is 1.74. The molecule has 25 heavy (non-hydrogen) atoms. The first-order chi connectivity index (χ1) is 12.1. The van der Waals surface area contributed by atoms with Crippen molar-refractivity contribution in [1.82, 2.24) is 14.8 Å². The van der Waals surface area contributed by atoms with Gasteiger partial charge in [-0.2, -0.15) is 0 Å². The zero-order chi connectivity index (χ0) is 17.8. The van der Waals surface area contributed by atoms with Crippen LogP contribution in [0.5, 0.6) is 0 Å². The molecule has 0 bridgehead atoms. The summed E-state index contributed by atoms with van der Waals surface area (Å²) < 4.78 is 0. The first kappa shape index (κ1) is 16.9. The number of primary amides is 1. The molecule has 1 aliphatic heterocycles. The van der Waals surface area contributed by atoms with E-state index >= 15 is 0 Å². The monoisotopic (exact) mass is 339 g/mol. The number of hydrogen-bond donors (Lipinski definition) is 2. The maximum Gasteiger partial charge on any atom is 0.257 e. The number of hydrogen-bond acceptors (Lipinski definition) is 5. The van der Waals surface area contributed by atoms with E-state index in [9.17, 15) is 9.59 Å². The maximum absolute atomic E-state index is 12.7. The second kappa shape index (κ2) is 7.31. The van der Waals surface area contributed by atoms with Crippen LogP contribution in [0.4, 0.5) is 5.82 Å². The number of piperazine rings is 1. The third kappa shape index (κ3) is 3.77. The van der Waals surface area contributed by atoms with Crippen molar-refractivity contribution in [1.29, 1.82) is 0 Å². The second-order valence-corrected chi connectivity index (χ2v) is 6.06. The van der Waals surface area contributed by atoms with Crippen LogP contribution in [0.1, 0.15) is 15.9 Å². The van der Waals surface area contributed by atoms with Crippen molar-refractivity contribution in [3.8, 4) is 0 Å². The van der Waals surface area contributed by atoms with E-state index in [2.05, 4.69) is 4.98 Å². The molecule has 1 fully saturated rings. The molecule has 2 heterocycles. The molecular weight excluding hydrogens is 318 g/mol. The number of nitrogens with zero attached hydrogens (tertiary/aromatic N) is 3. The summed E-state index contributed by atoms with van der Waals surface area (Å²) in [5.74, 6) is -0.473. The second-order valence-electron chi connectivity index (χ2n) is 6.06. The topological polar surface area (TPSA) is 106 Å². The summed E-state index contributed by atoms with van der Waals surface area (Å²) in [6.45, 7) is 1.93. The van der Waals surface area contributed by atoms with Crippen LogP contribution >= 0.6 is 0 Å². The smallest absolute Gasteiger partial charge is 0.257 e. The van der Waals surface area contributed by atoms with E-state index < -0.39 is 11.9 Å². The number of carbonyl (C=O) groups excluding carboxylic acids is 2. The van der Waals surface area contributed by atoms with Crippen LogP contribution in [0.3, 0.4) is 0 Å². The van der Waals surface area contributed by atoms with E-state index in [-0.39, 0.29) is 18.3 Å². The largest absolute Gasteiger partial charge is 0.383 e. The molecule has 3 rings (SSSR count). The van der Waals surface area contributed by atoms with Gasteiger partial charge in [0.05, 0.1) is 5.56 Å². The number of nitrogen functional groups attached to an aromatic ring is 1. The molecule has 2 amide bonds. The Morgan fingerprint density at radius 2 is 1.88 bits per heavy atom. The predicted octanol–water partition coefficient (Wildman–Crippen LogP) is 0.476. The van der Waals surface area contributed by atoms with Gasteiger partial charge in [0.1, 0.15) is 11.9 Å². The molecule has 1 atom stereocenters. The maximum atomic E-state index is 12.7. The van der Waals surface area contributed by atoms with Crippen molar-refractivity contribution in [3.63, 3.8) is 0 Å². The standard InChI is InChI=1S/C18H21N5O2/c19-16-14(7-4-8-21-16)18(25)23-10-9-22(15(12-23)17(20)24)11-13-5-2-1-3-6-13/h1-8,15H,9-12H2,(H2,19,21)(H2,20,24)/t15-/m0/s1. The molecule has 1 saturated heterocycles. The van der Waals surface area contributed by atoms with Gasteiger partial charge in [-0.1, -0.05) is 30.3 Å². The molecule has 7 nitrogen and oxygen atoms in total. The van der Waals surface area contributed by atoms with Crippen molar-refractivity contribution >= 4 is 17.6 Å². The highest BCUT2D eigenvalue weighted by atomic mass is 16.2. The van der Waals surface area contributed by atoms with Crippen molar-refractivity contribution < 1.29 is 9.59 Å². The number of carbonyl (C=O) groups is 2. The zero-order valence-electron chi connectivity index (χ0n) is 13.8. The molecule has 2 aromatic rings. The van der Waals surface area contributed by atoms with Gasteiger partial charge < -0.3 is 16.4 Å². The van der Waals surface area contributed by atoms with Crippen molar-refractivity contribution in [2.24, 2.45) is 5.73 Å². The average molecular weight is 339 g/mol. The molecule has 1 aliphatic rings. The summed E-state index contributed by atoms with van der Waals surface area (Å²) in [5.41, 5.74) is 12.8. The summed E-state index contributed by atoms with van der Waals surface area (Å²) in [6.07, 6.45) is 1.54. The summed E-state index contributed by atoms with van der Waals surface area (Å²) in [4.78, 5) is 32.2. The van der Waals surface area contributed by atoms with Crippen LogP contribution in [-0.2, 0) is 11.3 Å². The van der Waals surface area contributed by atoms with Crippen LogP contribution in [0.15, 0.2) is 48.7 Å². The molecule has 1 aromatic heterocycles. The Hall–Kier alpha value is -2.93. The number of aromatic nitrogens is 1. The van der Waals surface area contributed by atoms with Gasteiger partial charge in [0.25, 0.3) is 5.91 Å². The number of benzene rings is 1. The number of pyridine rings is 1. The lowest BCUT2D eigenvalue weighted by molar-refractivity contribution is -0.125. The molecule has 0 unspecified atom stereocenters. The van der Waals surface area contributed by atoms with E-state index in [1.807, 2.05) is 35.2 Å². The molecule has 0 radical (unpaired) electrons. The molecule has 0 saturated carbocycles. The third-order valence-corrected chi connectivity index (χ3v) is 4.40. The van der Waals surface area contributed by atoms with Crippen LogP contribution in [0.25, 0.3) is 0 Å². The summed E-state index contributed by atoms with van der Waals surface area (Å²) >= 11 is 0. The molecule has 0 spiro atoms. The molecule has 4 N–H and O–H groups in total. The Morgan fingerprint density at radius 3 is 2.56 bits per heavy atom. The highest BCUT2D eigenvalue weighted by Gasteiger charge is 2.33. The first-order valence-corrected chi connectivity index (χ1v) is 8.13. The van der Waals surface area contributed by atoms with Gasteiger partial charge in [-0.15, -0.1) is 0 Å². The SMILES string of the molecule is NC(=O)[C@@H]1CN(C(=O)c2cccnc2N)CCN1Cc1ccccc1. The van der Waals surface area contributed by atoms with E-state index in [1.165, 1.54) is 6.20 Å². The van der Waals surface area contributed by atoms with Crippen molar-refractivity contribution in [2.75, 3.05) is 25.4 Å². The summed E-state index contributed by atoms with van der Waals surface area (Å²) in [6, 6.07) is 12.7. The third-order valence-electron chi connectivity index (χ3n) is 4.40. The Kier molecular flexibility index (Phi) is 4.95. The van der Waals surface area contributed by atoms with Crippen LogP contribution in [0.2, 0.25) is 0 Å². The number of amides is 2. The van der Waals surface area contributed by atoms with E-state index in [4.69, 9.17) is 11.5 Å². The van der Waals surface area contributed by atoms with Gasteiger partial charge in [-0.05, 0) is 17.7 Å².